The van der Waals surface area contributed by atoms with Gasteiger partial charge in [0, 0.05) is 24.3 Å². The lowest BCUT2D eigenvalue weighted by Gasteiger charge is -2.16. The number of pyridine rings is 1. The van der Waals surface area contributed by atoms with E-state index in [1.165, 1.54) is 0 Å². The maximum atomic E-state index is 12.3. The number of aryl methyl sites for hydroxylation is 1. The number of rotatable bonds is 6. The van der Waals surface area contributed by atoms with E-state index in [-0.39, 0.29) is 37.3 Å². The average Bonchev–Trinajstić information content (AvgIpc) is 3.13. The summed E-state index contributed by atoms with van der Waals surface area (Å²) in [6.07, 6.45) is 1.83. The molecule has 0 spiro atoms. The minimum absolute atomic E-state index is 0.0680. The van der Waals surface area contributed by atoms with E-state index in [1.54, 1.807) is 30.3 Å². The van der Waals surface area contributed by atoms with E-state index in [0.717, 1.165) is 17.1 Å². The molecule has 0 aliphatic carbocycles. The van der Waals surface area contributed by atoms with Crippen molar-refractivity contribution in [2.75, 3.05) is 31.7 Å². The van der Waals surface area contributed by atoms with Crippen LogP contribution < -0.4 is 19.7 Å². The maximum Gasteiger partial charge on any atom is 0.227 e. The van der Waals surface area contributed by atoms with Crippen LogP contribution in [0.3, 0.4) is 0 Å². The van der Waals surface area contributed by atoms with Crippen molar-refractivity contribution in [3.63, 3.8) is 0 Å². The summed E-state index contributed by atoms with van der Waals surface area (Å²) >= 11 is 0. The number of benzene rings is 1. The van der Waals surface area contributed by atoms with Crippen molar-refractivity contribution in [2.24, 2.45) is 5.92 Å². The summed E-state index contributed by atoms with van der Waals surface area (Å²) < 4.78 is 10.6. The van der Waals surface area contributed by atoms with Gasteiger partial charge < -0.3 is 19.7 Å². The number of carbonyl (C=O) groups excluding carboxylic acids is 2. The molecule has 3 rings (SSSR count). The Morgan fingerprint density at radius 1 is 1.21 bits per heavy atom. The van der Waals surface area contributed by atoms with Crippen LogP contribution >= 0.6 is 0 Å². The molecule has 29 heavy (non-hydrogen) atoms. The van der Waals surface area contributed by atoms with E-state index in [0.29, 0.717) is 12.3 Å². The Morgan fingerprint density at radius 3 is 2.66 bits per heavy atom. The predicted octanol–water partition coefficient (Wildman–Crippen LogP) is 1.95. The van der Waals surface area contributed by atoms with Crippen molar-refractivity contribution < 1.29 is 19.1 Å². The number of aromatic nitrogens is 1. The highest BCUT2D eigenvalue weighted by Gasteiger charge is 2.34. The Morgan fingerprint density at radius 2 is 1.97 bits per heavy atom. The first kappa shape index (κ1) is 20.2. The molecule has 2 amide bonds. The van der Waals surface area contributed by atoms with E-state index in [9.17, 15) is 9.59 Å². The molecule has 7 nitrogen and oxygen atoms in total. The SMILES string of the molecule is COc1ccc(N2CC(C(=O)NCC#CCOc3ccc(C)nc3)CC2=O)cc1. The van der Waals surface area contributed by atoms with E-state index in [4.69, 9.17) is 9.47 Å². The number of hydrogen-bond donors (Lipinski definition) is 1. The molecule has 1 aromatic carbocycles. The summed E-state index contributed by atoms with van der Waals surface area (Å²) in [5.41, 5.74) is 1.68. The highest BCUT2D eigenvalue weighted by molar-refractivity contribution is 6.00. The van der Waals surface area contributed by atoms with Crippen molar-refractivity contribution >= 4 is 17.5 Å². The summed E-state index contributed by atoms with van der Waals surface area (Å²) in [5.74, 6) is 6.43. The van der Waals surface area contributed by atoms with E-state index in [1.807, 2.05) is 31.2 Å². The van der Waals surface area contributed by atoms with Gasteiger partial charge in [-0.15, -0.1) is 0 Å². The van der Waals surface area contributed by atoms with Gasteiger partial charge >= 0.3 is 0 Å². The number of hydrogen-bond acceptors (Lipinski definition) is 5. The molecule has 1 saturated heterocycles. The van der Waals surface area contributed by atoms with Gasteiger partial charge in [-0.2, -0.15) is 0 Å². The van der Waals surface area contributed by atoms with Gasteiger partial charge in [0.15, 0.2) is 0 Å². The summed E-state index contributed by atoms with van der Waals surface area (Å²) in [6.45, 7) is 2.68. The molecule has 1 aliphatic rings. The summed E-state index contributed by atoms with van der Waals surface area (Å²) in [6, 6.07) is 10.9. The van der Waals surface area contributed by atoms with Crippen LogP contribution in [0.4, 0.5) is 5.69 Å². The van der Waals surface area contributed by atoms with E-state index < -0.39 is 0 Å². The second-order valence-electron chi connectivity index (χ2n) is 6.60. The zero-order chi connectivity index (χ0) is 20.6. The number of methoxy groups -OCH3 is 1. The first-order chi connectivity index (χ1) is 14.1. The smallest absolute Gasteiger partial charge is 0.227 e. The summed E-state index contributed by atoms with van der Waals surface area (Å²) in [5, 5.41) is 2.76. The average molecular weight is 393 g/mol. The second-order valence-corrected chi connectivity index (χ2v) is 6.60. The van der Waals surface area contributed by atoms with Crippen LogP contribution in [0, 0.1) is 24.7 Å². The van der Waals surface area contributed by atoms with Crippen LogP contribution in [0.15, 0.2) is 42.6 Å². The molecule has 1 fully saturated rings. The fourth-order valence-electron chi connectivity index (χ4n) is 2.94. The van der Waals surface area contributed by atoms with Gasteiger partial charge in [-0.1, -0.05) is 11.8 Å². The molecule has 1 aliphatic heterocycles. The molecule has 1 N–H and O–H groups in total. The number of nitrogens with one attached hydrogen (secondary N) is 1. The van der Waals surface area contributed by atoms with Gasteiger partial charge in [-0.25, -0.2) is 0 Å². The molecule has 7 heteroatoms. The van der Waals surface area contributed by atoms with Crippen molar-refractivity contribution in [1.82, 2.24) is 10.3 Å². The largest absolute Gasteiger partial charge is 0.497 e. The quantitative estimate of drug-likeness (QED) is 0.759. The minimum atomic E-state index is -0.388. The van der Waals surface area contributed by atoms with Crippen LogP contribution in [0.5, 0.6) is 11.5 Å². The molecule has 1 aromatic heterocycles. The van der Waals surface area contributed by atoms with Crippen molar-refractivity contribution in [1.29, 1.82) is 0 Å². The van der Waals surface area contributed by atoms with Gasteiger partial charge in [0.1, 0.15) is 18.1 Å². The first-order valence-electron chi connectivity index (χ1n) is 9.30. The Balaban J connectivity index is 1.43. The molecule has 150 valence electrons. The Bertz CT molecular complexity index is 914. The highest BCUT2D eigenvalue weighted by Crippen LogP contribution is 2.26. The third-order valence-electron chi connectivity index (χ3n) is 4.55. The molecule has 2 heterocycles. The number of carbonyl (C=O) groups is 2. The Hall–Kier alpha value is -3.53. The molecule has 2 aromatic rings. The molecule has 0 bridgehead atoms. The van der Waals surface area contributed by atoms with Gasteiger partial charge in [0.2, 0.25) is 11.8 Å². The summed E-state index contributed by atoms with van der Waals surface area (Å²) in [4.78, 5) is 30.4. The number of nitrogens with zero attached hydrogens (tertiary/aromatic N) is 2. The third-order valence-corrected chi connectivity index (χ3v) is 4.55. The number of ether oxygens (including phenoxy) is 2. The molecular weight excluding hydrogens is 370 g/mol. The standard InChI is InChI=1S/C22H23N3O4/c1-16-5-8-20(14-24-16)29-12-4-3-11-23-22(27)17-13-21(26)25(15-17)18-6-9-19(28-2)10-7-18/h5-10,14,17H,11-13,15H2,1-2H3,(H,23,27). The van der Waals surface area contributed by atoms with Gasteiger partial charge in [-0.3, -0.25) is 14.6 Å². The molecule has 0 saturated carbocycles. The zero-order valence-corrected chi connectivity index (χ0v) is 16.5. The molecular formula is C22H23N3O4. The van der Waals surface area contributed by atoms with Gasteiger partial charge in [0.25, 0.3) is 0 Å². The predicted molar refractivity (Wildman–Crippen MR) is 109 cm³/mol. The van der Waals surface area contributed by atoms with Crippen LogP contribution in [0.1, 0.15) is 12.1 Å². The van der Waals surface area contributed by atoms with Gasteiger partial charge in [0.05, 0.1) is 25.8 Å². The molecule has 0 radical (unpaired) electrons. The minimum Gasteiger partial charge on any atom is -0.497 e. The second kappa shape index (κ2) is 9.60. The third kappa shape index (κ3) is 5.48. The normalized spacial score (nSPS) is 15.4. The van der Waals surface area contributed by atoms with Crippen LogP contribution in [0.25, 0.3) is 0 Å². The Kier molecular flexibility index (Phi) is 6.69. The zero-order valence-electron chi connectivity index (χ0n) is 16.5. The van der Waals surface area contributed by atoms with Crippen molar-refractivity contribution in [2.45, 2.75) is 13.3 Å². The lowest BCUT2D eigenvalue weighted by molar-refractivity contribution is -0.126. The van der Waals surface area contributed by atoms with Crippen LogP contribution in [-0.4, -0.2) is 43.6 Å². The van der Waals surface area contributed by atoms with Crippen molar-refractivity contribution in [3.8, 4) is 23.3 Å². The number of anilines is 1. The molecule has 1 unspecified atom stereocenters. The Labute approximate surface area is 170 Å². The van der Waals surface area contributed by atoms with Crippen molar-refractivity contribution in [3.05, 3.63) is 48.3 Å². The van der Waals surface area contributed by atoms with Crippen LogP contribution in [0.2, 0.25) is 0 Å². The fourth-order valence-corrected chi connectivity index (χ4v) is 2.94. The van der Waals surface area contributed by atoms with Gasteiger partial charge in [-0.05, 0) is 43.3 Å². The lowest BCUT2D eigenvalue weighted by atomic mass is 10.1. The lowest BCUT2D eigenvalue weighted by Crippen LogP contribution is -2.33. The fraction of sp³-hybridized carbons (Fsp3) is 0.318. The summed E-state index contributed by atoms with van der Waals surface area (Å²) in [7, 11) is 1.59. The van der Waals surface area contributed by atoms with E-state index >= 15 is 0 Å². The highest BCUT2D eigenvalue weighted by atomic mass is 16.5. The monoisotopic (exact) mass is 393 g/mol. The number of amides is 2. The van der Waals surface area contributed by atoms with Crippen LogP contribution in [-0.2, 0) is 9.59 Å². The molecule has 1 atom stereocenters. The van der Waals surface area contributed by atoms with E-state index in [2.05, 4.69) is 22.1 Å². The first-order valence-corrected chi connectivity index (χ1v) is 9.30. The maximum absolute atomic E-state index is 12.3. The topological polar surface area (TPSA) is 80.8 Å².